The summed E-state index contributed by atoms with van der Waals surface area (Å²) in [5.41, 5.74) is 0.499. The Kier molecular flexibility index (Phi) is 9.72. The summed E-state index contributed by atoms with van der Waals surface area (Å²) in [6, 6.07) is 11.4. The molecule has 0 heterocycles. The van der Waals surface area contributed by atoms with E-state index in [0.717, 1.165) is 5.56 Å². The molecule has 0 aromatic heterocycles. The number of hydrogen-bond donors (Lipinski definition) is 3. The molecule has 7 nitrogen and oxygen atoms in total. The van der Waals surface area contributed by atoms with E-state index in [9.17, 15) is 19.1 Å². The number of rotatable bonds is 12. The Morgan fingerprint density at radius 2 is 1.76 bits per heavy atom. The van der Waals surface area contributed by atoms with E-state index in [-0.39, 0.29) is 44.2 Å². The normalized spacial score (nSPS) is 12.0. The van der Waals surface area contributed by atoms with Crippen LogP contribution < -0.4 is 20.1 Å². The zero-order valence-electron chi connectivity index (χ0n) is 19.2. The third-order valence-corrected chi connectivity index (χ3v) is 4.52. The lowest BCUT2D eigenvalue weighted by Crippen LogP contribution is -2.36. The molecule has 0 saturated carbocycles. The second-order valence-corrected chi connectivity index (χ2v) is 8.32. The van der Waals surface area contributed by atoms with Crippen molar-refractivity contribution in [1.29, 1.82) is 0 Å². The van der Waals surface area contributed by atoms with Gasteiger partial charge >= 0.3 is 0 Å². The average Bonchev–Trinajstić information content (AvgIpc) is 2.73. The Hall–Kier alpha value is -3.07. The number of nitrogens with one attached hydrogen (secondary N) is 2. The quantitative estimate of drug-likeness (QED) is 0.425. The highest BCUT2D eigenvalue weighted by Gasteiger charge is 2.12. The molecule has 0 bridgehead atoms. The van der Waals surface area contributed by atoms with E-state index in [1.54, 1.807) is 57.2 Å². The summed E-state index contributed by atoms with van der Waals surface area (Å²) in [7, 11) is 5.80. The van der Waals surface area contributed by atoms with Crippen LogP contribution in [0.25, 0.3) is 0 Å². The summed E-state index contributed by atoms with van der Waals surface area (Å²) in [4.78, 5) is 23.9. The topological polar surface area (TPSA) is 96.9 Å². The van der Waals surface area contributed by atoms with Gasteiger partial charge in [-0.25, -0.2) is 4.39 Å². The Bertz CT molecular complexity index is 931. The summed E-state index contributed by atoms with van der Waals surface area (Å²) in [5.74, 6) is -0.149. The molecule has 1 unspecified atom stereocenters. The maximum atomic E-state index is 13.5. The van der Waals surface area contributed by atoms with E-state index in [0.29, 0.717) is 11.3 Å². The number of benzene rings is 2. The molecule has 176 valence electrons. The van der Waals surface area contributed by atoms with Gasteiger partial charge < -0.3 is 25.2 Å². The van der Waals surface area contributed by atoms with Gasteiger partial charge in [0.25, 0.3) is 5.91 Å². The molecule has 2 rings (SSSR count). The lowest BCUT2D eigenvalue weighted by atomic mass is 9.86. The van der Waals surface area contributed by atoms with Gasteiger partial charge in [-0.2, -0.15) is 0 Å². The van der Waals surface area contributed by atoms with Gasteiger partial charge in [0.05, 0.1) is 18.0 Å². The van der Waals surface area contributed by atoms with Crippen LogP contribution >= 0.6 is 0 Å². The van der Waals surface area contributed by atoms with Crippen LogP contribution in [0, 0.1) is 12.7 Å². The van der Waals surface area contributed by atoms with Crippen LogP contribution in [-0.2, 0) is 16.0 Å². The number of hydrogen-bond acceptors (Lipinski definition) is 5. The van der Waals surface area contributed by atoms with Crippen molar-refractivity contribution in [3.63, 3.8) is 0 Å². The van der Waals surface area contributed by atoms with E-state index in [1.807, 2.05) is 0 Å². The molecule has 2 amide bonds. The fourth-order valence-corrected chi connectivity index (χ4v) is 2.80. The Morgan fingerprint density at radius 1 is 1.09 bits per heavy atom. The number of carbonyl (C=O) groups is 2. The van der Waals surface area contributed by atoms with E-state index < -0.39 is 23.3 Å². The number of ether oxygens (including phenoxy) is 2. The van der Waals surface area contributed by atoms with Gasteiger partial charge in [0.2, 0.25) is 5.91 Å². The standard InChI is InChI=1S/C24H30BFN2O5/c1-16-4-7-20(13-21(16)26)32-15-23(31)27-11-10-18(29)14-28-22(30)12-17-5-8-19(9-6-17)33-24(2,3)25/h4-9,13,18,29H,10-12,14-15H2,1-3H3,(H,27,31)(H,28,30). The van der Waals surface area contributed by atoms with Gasteiger partial charge in [0.1, 0.15) is 25.2 Å². The fourth-order valence-electron chi connectivity index (χ4n) is 2.80. The Balaban J connectivity index is 1.61. The van der Waals surface area contributed by atoms with Crippen LogP contribution in [0.2, 0.25) is 0 Å². The number of aliphatic hydroxyl groups is 1. The maximum Gasteiger partial charge on any atom is 0.257 e. The zero-order chi connectivity index (χ0) is 24.4. The first-order valence-electron chi connectivity index (χ1n) is 10.7. The van der Waals surface area contributed by atoms with E-state index in [4.69, 9.17) is 17.3 Å². The van der Waals surface area contributed by atoms with Crippen LogP contribution in [0.3, 0.4) is 0 Å². The van der Waals surface area contributed by atoms with Crippen LogP contribution in [0.4, 0.5) is 4.39 Å². The molecule has 0 aliphatic heterocycles. The minimum Gasteiger partial charge on any atom is -0.498 e. The molecule has 3 N–H and O–H groups in total. The van der Waals surface area contributed by atoms with Crippen LogP contribution in [0.15, 0.2) is 42.5 Å². The Morgan fingerprint density at radius 3 is 2.39 bits per heavy atom. The Labute approximate surface area is 195 Å². The highest BCUT2D eigenvalue weighted by atomic mass is 19.1. The number of aryl methyl sites for hydroxylation is 1. The predicted octanol–water partition coefficient (Wildman–Crippen LogP) is 2.02. The number of halogens is 1. The summed E-state index contributed by atoms with van der Waals surface area (Å²) < 4.78 is 24.2. The van der Waals surface area contributed by atoms with Crippen molar-refractivity contribution in [2.75, 3.05) is 19.7 Å². The van der Waals surface area contributed by atoms with Crippen molar-refractivity contribution in [3.05, 3.63) is 59.4 Å². The van der Waals surface area contributed by atoms with Crippen molar-refractivity contribution >= 4 is 19.7 Å². The molecule has 0 aliphatic rings. The molecule has 9 heteroatoms. The van der Waals surface area contributed by atoms with Gasteiger partial charge in [-0.3, -0.25) is 9.59 Å². The largest absolute Gasteiger partial charge is 0.498 e. The predicted molar refractivity (Wildman–Crippen MR) is 124 cm³/mol. The molecule has 2 radical (unpaired) electrons. The summed E-state index contributed by atoms with van der Waals surface area (Å²) in [6.45, 7) is 5.13. The first-order valence-corrected chi connectivity index (χ1v) is 10.7. The summed E-state index contributed by atoms with van der Waals surface area (Å²) >= 11 is 0. The van der Waals surface area contributed by atoms with E-state index in [2.05, 4.69) is 10.6 Å². The molecule has 1 atom stereocenters. The van der Waals surface area contributed by atoms with Crippen molar-refractivity contribution in [2.24, 2.45) is 0 Å². The maximum absolute atomic E-state index is 13.5. The van der Waals surface area contributed by atoms with Gasteiger partial charge in [0.15, 0.2) is 6.61 Å². The molecule has 0 fully saturated rings. The highest BCUT2D eigenvalue weighted by molar-refractivity contribution is 6.14. The number of amides is 2. The molecule has 0 aliphatic carbocycles. The summed E-state index contributed by atoms with van der Waals surface area (Å²) in [6.07, 6.45) is -0.400. The smallest absolute Gasteiger partial charge is 0.257 e. The number of aliphatic hydroxyl groups excluding tert-OH is 1. The minimum absolute atomic E-state index is 0.0659. The lowest BCUT2D eigenvalue weighted by Gasteiger charge is -2.22. The molecule has 2 aromatic rings. The second-order valence-electron chi connectivity index (χ2n) is 8.32. The highest BCUT2D eigenvalue weighted by Crippen LogP contribution is 2.17. The van der Waals surface area contributed by atoms with Gasteiger partial charge in [-0.1, -0.05) is 18.2 Å². The van der Waals surface area contributed by atoms with Gasteiger partial charge in [-0.05, 0) is 56.5 Å². The van der Waals surface area contributed by atoms with Gasteiger partial charge in [-0.15, -0.1) is 0 Å². The van der Waals surface area contributed by atoms with Crippen molar-refractivity contribution in [2.45, 2.75) is 45.2 Å². The van der Waals surface area contributed by atoms with E-state index in [1.165, 1.54) is 6.07 Å². The zero-order valence-corrected chi connectivity index (χ0v) is 19.2. The molecule has 2 aromatic carbocycles. The third kappa shape index (κ3) is 10.4. The monoisotopic (exact) mass is 456 g/mol. The first-order chi connectivity index (χ1) is 15.5. The van der Waals surface area contributed by atoms with Crippen molar-refractivity contribution < 1.29 is 28.6 Å². The molecule has 33 heavy (non-hydrogen) atoms. The summed E-state index contributed by atoms with van der Waals surface area (Å²) in [5, 5.41) is 15.3. The average molecular weight is 456 g/mol. The second kappa shape index (κ2) is 12.2. The van der Waals surface area contributed by atoms with E-state index >= 15 is 0 Å². The van der Waals surface area contributed by atoms with Crippen LogP contribution in [0.5, 0.6) is 11.5 Å². The lowest BCUT2D eigenvalue weighted by molar-refractivity contribution is -0.123. The molecule has 0 saturated heterocycles. The van der Waals surface area contributed by atoms with Crippen molar-refractivity contribution in [3.8, 4) is 11.5 Å². The third-order valence-electron chi connectivity index (χ3n) is 4.52. The van der Waals surface area contributed by atoms with Crippen LogP contribution in [-0.4, -0.2) is 56.1 Å². The van der Waals surface area contributed by atoms with Gasteiger partial charge in [0, 0.05) is 19.2 Å². The van der Waals surface area contributed by atoms with Crippen molar-refractivity contribution in [1.82, 2.24) is 10.6 Å². The molecular formula is C24H30BFN2O5. The first kappa shape index (κ1) is 26.2. The van der Waals surface area contributed by atoms with Crippen LogP contribution in [0.1, 0.15) is 31.4 Å². The number of carbonyl (C=O) groups excluding carboxylic acids is 2. The molecule has 0 spiro atoms. The molecular weight excluding hydrogens is 426 g/mol. The minimum atomic E-state index is -0.816. The fraction of sp³-hybridized carbons (Fsp3) is 0.417. The SMILES string of the molecule is [B]C(C)(C)Oc1ccc(CC(=O)NCC(O)CCNC(=O)COc2ccc(C)c(F)c2)cc1.